The monoisotopic (exact) mass is 525 g/mol. The van der Waals surface area contributed by atoms with Gasteiger partial charge in [-0.05, 0) is 61.3 Å². The maximum atomic E-state index is 15.7. The van der Waals surface area contributed by atoms with Crippen LogP contribution in [0.1, 0.15) is 53.6 Å². The molecule has 2 aromatic heterocycles. The summed E-state index contributed by atoms with van der Waals surface area (Å²) < 4.78 is 29.8. The van der Waals surface area contributed by atoms with Crippen LogP contribution in [0.15, 0.2) is 54.6 Å². The molecule has 1 N–H and O–H groups in total. The summed E-state index contributed by atoms with van der Waals surface area (Å²) >= 11 is 0. The highest BCUT2D eigenvalue weighted by atomic mass is 19.1. The number of nitrogens with one attached hydrogen (secondary N) is 1. The summed E-state index contributed by atoms with van der Waals surface area (Å²) in [5.41, 5.74) is 5.14. The van der Waals surface area contributed by atoms with Crippen molar-refractivity contribution in [2.75, 3.05) is 13.2 Å². The van der Waals surface area contributed by atoms with Crippen LogP contribution in [0.4, 0.5) is 4.39 Å². The fraction of sp³-hybridized carbons (Fsp3) is 0.312. The summed E-state index contributed by atoms with van der Waals surface area (Å²) in [4.78, 5) is 12.5. The molecule has 200 valence electrons. The summed E-state index contributed by atoms with van der Waals surface area (Å²) in [5, 5.41) is 10.7. The van der Waals surface area contributed by atoms with Gasteiger partial charge >= 0.3 is 0 Å². The van der Waals surface area contributed by atoms with Crippen molar-refractivity contribution < 1.29 is 18.7 Å². The molecule has 0 atom stereocenters. The zero-order chi connectivity index (χ0) is 26.8. The average Bonchev–Trinajstić information content (AvgIpc) is 3.49. The zero-order valence-corrected chi connectivity index (χ0v) is 22.1. The zero-order valence-electron chi connectivity index (χ0n) is 22.1. The van der Waals surface area contributed by atoms with E-state index in [-0.39, 0.29) is 5.82 Å². The Morgan fingerprint density at radius 2 is 1.95 bits per heavy atom. The Kier molecular flexibility index (Phi) is 7.16. The van der Waals surface area contributed by atoms with Crippen molar-refractivity contribution in [3.8, 4) is 16.9 Å². The minimum Gasteiger partial charge on any atom is -0.493 e. The van der Waals surface area contributed by atoms with Crippen molar-refractivity contribution >= 4 is 28.0 Å². The first-order chi connectivity index (χ1) is 19.2. The normalized spacial score (nSPS) is 13.8. The number of aromatic nitrogens is 3. The predicted molar refractivity (Wildman–Crippen MR) is 151 cm³/mol. The van der Waals surface area contributed by atoms with Crippen LogP contribution in [0.25, 0.3) is 32.8 Å². The number of rotatable bonds is 7. The highest BCUT2D eigenvalue weighted by molar-refractivity contribution is 6.02. The van der Waals surface area contributed by atoms with Crippen molar-refractivity contribution in [3.05, 3.63) is 83.1 Å². The van der Waals surface area contributed by atoms with E-state index in [0.717, 1.165) is 75.5 Å². The molecule has 6 rings (SSSR count). The number of ether oxygens (including phenoxy) is 2. The number of hydrogen-bond donors (Lipinski definition) is 1. The minimum atomic E-state index is -0.318. The first-order valence-electron chi connectivity index (χ1n) is 13.7. The number of carbonyl (C=O) groups is 1. The molecule has 0 amide bonds. The van der Waals surface area contributed by atoms with Crippen LogP contribution in [-0.4, -0.2) is 34.3 Å². The molecule has 6 nitrogen and oxygen atoms in total. The number of aldehydes is 1. The Balaban J connectivity index is 1.39. The van der Waals surface area contributed by atoms with E-state index in [9.17, 15) is 4.79 Å². The average molecular weight is 526 g/mol. The number of benzene rings is 3. The first kappa shape index (κ1) is 25.3. The first-order valence-corrected chi connectivity index (χ1v) is 13.7. The molecular formula is C32H32FN3O3. The fourth-order valence-corrected chi connectivity index (χ4v) is 5.86. The summed E-state index contributed by atoms with van der Waals surface area (Å²) in [6, 6.07) is 17.6. The van der Waals surface area contributed by atoms with Crippen LogP contribution in [0.3, 0.4) is 0 Å². The number of fused-ring (bicyclic) bond motifs is 3. The van der Waals surface area contributed by atoms with E-state index in [2.05, 4.69) is 28.4 Å². The lowest BCUT2D eigenvalue weighted by Gasteiger charge is -2.12. The van der Waals surface area contributed by atoms with Crippen molar-refractivity contribution in [1.29, 1.82) is 0 Å². The molecule has 0 spiro atoms. The van der Waals surface area contributed by atoms with E-state index in [1.165, 1.54) is 6.07 Å². The Labute approximate surface area is 226 Å². The SMILES string of the molecule is CCc1n[nH]c2c1-c1c(F)ccc3c(CCCOc4cccc5ccccc45)c(C=O)n(c13)CCCCOC2. The van der Waals surface area contributed by atoms with Gasteiger partial charge in [-0.15, -0.1) is 0 Å². The van der Waals surface area contributed by atoms with Crippen LogP contribution in [0, 0.1) is 5.82 Å². The molecule has 0 bridgehead atoms. The van der Waals surface area contributed by atoms with Crippen LogP contribution < -0.4 is 4.74 Å². The summed E-state index contributed by atoms with van der Waals surface area (Å²) in [5.74, 6) is 0.535. The van der Waals surface area contributed by atoms with Gasteiger partial charge in [0.15, 0.2) is 6.29 Å². The summed E-state index contributed by atoms with van der Waals surface area (Å²) in [6.07, 6.45) is 4.63. The largest absolute Gasteiger partial charge is 0.493 e. The van der Waals surface area contributed by atoms with Crippen LogP contribution in [0.2, 0.25) is 0 Å². The number of carbonyl (C=O) groups excluding carboxylic acids is 1. The molecule has 5 aromatic rings. The molecule has 0 saturated carbocycles. The molecule has 1 aliphatic rings. The van der Waals surface area contributed by atoms with Crippen LogP contribution in [-0.2, 0) is 30.7 Å². The second kappa shape index (κ2) is 11.0. The van der Waals surface area contributed by atoms with Crippen molar-refractivity contribution in [2.45, 2.75) is 52.2 Å². The van der Waals surface area contributed by atoms with Gasteiger partial charge in [-0.25, -0.2) is 4.39 Å². The molecule has 0 radical (unpaired) electrons. The number of halogens is 1. The van der Waals surface area contributed by atoms with Crippen LogP contribution in [0.5, 0.6) is 5.75 Å². The minimum absolute atomic E-state index is 0.318. The Morgan fingerprint density at radius 3 is 2.82 bits per heavy atom. The van der Waals surface area contributed by atoms with Gasteiger partial charge in [0, 0.05) is 35.1 Å². The van der Waals surface area contributed by atoms with E-state index in [4.69, 9.17) is 9.47 Å². The van der Waals surface area contributed by atoms with E-state index in [1.807, 2.05) is 41.8 Å². The van der Waals surface area contributed by atoms with Crippen molar-refractivity contribution in [2.24, 2.45) is 0 Å². The van der Waals surface area contributed by atoms with E-state index in [0.29, 0.717) is 50.5 Å². The van der Waals surface area contributed by atoms with Crippen LogP contribution >= 0.6 is 0 Å². The van der Waals surface area contributed by atoms with Gasteiger partial charge in [0.1, 0.15) is 11.6 Å². The van der Waals surface area contributed by atoms with Gasteiger partial charge in [-0.3, -0.25) is 9.89 Å². The molecule has 0 saturated heterocycles. The quantitative estimate of drug-likeness (QED) is 0.183. The molecule has 0 aliphatic carbocycles. The lowest BCUT2D eigenvalue weighted by Crippen LogP contribution is -2.06. The topological polar surface area (TPSA) is 69.1 Å². The molecule has 39 heavy (non-hydrogen) atoms. The Hall–Kier alpha value is -3.97. The number of hydrogen-bond acceptors (Lipinski definition) is 4. The Bertz CT molecular complexity index is 1650. The number of aryl methyl sites for hydroxylation is 3. The molecule has 0 unspecified atom stereocenters. The maximum Gasteiger partial charge on any atom is 0.166 e. The number of aromatic amines is 1. The smallest absolute Gasteiger partial charge is 0.166 e. The van der Waals surface area contributed by atoms with Gasteiger partial charge in [-0.1, -0.05) is 43.3 Å². The second-order valence-corrected chi connectivity index (χ2v) is 10.0. The molecule has 3 aromatic carbocycles. The molecule has 3 heterocycles. The third-order valence-electron chi connectivity index (χ3n) is 7.68. The Morgan fingerprint density at radius 1 is 1.08 bits per heavy atom. The maximum absolute atomic E-state index is 15.7. The van der Waals surface area contributed by atoms with Gasteiger partial charge in [0.25, 0.3) is 0 Å². The molecular weight excluding hydrogens is 493 g/mol. The van der Waals surface area contributed by atoms with E-state index < -0.39 is 0 Å². The highest BCUT2D eigenvalue weighted by Gasteiger charge is 2.26. The lowest BCUT2D eigenvalue weighted by molar-refractivity contribution is 0.111. The van der Waals surface area contributed by atoms with Gasteiger partial charge in [-0.2, -0.15) is 5.10 Å². The van der Waals surface area contributed by atoms with Gasteiger partial charge in [0.05, 0.1) is 35.8 Å². The third kappa shape index (κ3) is 4.61. The lowest BCUT2D eigenvalue weighted by atomic mass is 9.97. The highest BCUT2D eigenvalue weighted by Crippen LogP contribution is 2.40. The number of nitrogens with zero attached hydrogens (tertiary/aromatic N) is 2. The van der Waals surface area contributed by atoms with Crippen molar-refractivity contribution in [1.82, 2.24) is 14.8 Å². The fourth-order valence-electron chi connectivity index (χ4n) is 5.86. The van der Waals surface area contributed by atoms with E-state index >= 15 is 4.39 Å². The van der Waals surface area contributed by atoms with Gasteiger partial charge < -0.3 is 14.0 Å². The molecule has 7 heteroatoms. The third-order valence-corrected chi connectivity index (χ3v) is 7.68. The molecule has 1 aliphatic heterocycles. The summed E-state index contributed by atoms with van der Waals surface area (Å²) in [7, 11) is 0. The van der Waals surface area contributed by atoms with E-state index in [1.54, 1.807) is 0 Å². The summed E-state index contributed by atoms with van der Waals surface area (Å²) in [6.45, 7) is 4.08. The predicted octanol–water partition coefficient (Wildman–Crippen LogP) is 7.02. The second-order valence-electron chi connectivity index (χ2n) is 10.0. The van der Waals surface area contributed by atoms with Gasteiger partial charge in [0.2, 0.25) is 0 Å². The standard InChI is InChI=1S/C32H32FN3O3/c1-2-26-31-27(35-34-26)20-38-17-6-5-16-36-28(19-37)23(24-14-15-25(33)30(31)32(24)36)12-8-18-39-29-13-7-10-21-9-3-4-11-22(21)29/h3-4,7,9-11,13-15,19H,2,5-6,8,12,16-18,20H2,1H3,(H,34,35). The van der Waals surface area contributed by atoms with Crippen molar-refractivity contribution in [3.63, 3.8) is 0 Å². The molecule has 0 fully saturated rings. The number of H-pyrrole nitrogens is 1.